The molecule has 1 aromatic carbocycles. The van der Waals surface area contributed by atoms with E-state index in [0.29, 0.717) is 35.9 Å². The number of ether oxygens (including phenoxy) is 2. The molecule has 2 fully saturated rings. The van der Waals surface area contributed by atoms with Crippen molar-refractivity contribution in [1.29, 1.82) is 0 Å². The summed E-state index contributed by atoms with van der Waals surface area (Å²) >= 11 is 0. The van der Waals surface area contributed by atoms with Crippen molar-refractivity contribution < 1.29 is 18.8 Å². The zero-order valence-electron chi connectivity index (χ0n) is 18.5. The quantitative estimate of drug-likeness (QED) is 0.607. The van der Waals surface area contributed by atoms with Crippen molar-refractivity contribution in [1.82, 2.24) is 19.8 Å². The molecule has 32 heavy (non-hydrogen) atoms. The molecule has 0 radical (unpaired) electrons. The Kier molecular flexibility index (Phi) is 5.44. The van der Waals surface area contributed by atoms with E-state index in [9.17, 15) is 4.79 Å². The van der Waals surface area contributed by atoms with Crippen molar-refractivity contribution >= 4 is 11.6 Å². The van der Waals surface area contributed by atoms with E-state index in [0.717, 1.165) is 48.7 Å². The number of morpholine rings is 1. The van der Waals surface area contributed by atoms with Crippen LogP contribution in [-0.4, -0.2) is 64.2 Å². The number of hydrogen-bond donors (Lipinski definition) is 1. The van der Waals surface area contributed by atoms with Crippen LogP contribution in [0.25, 0.3) is 11.1 Å². The second-order valence-electron chi connectivity index (χ2n) is 8.39. The van der Waals surface area contributed by atoms with Crippen molar-refractivity contribution in [2.75, 3.05) is 31.6 Å². The average molecular weight is 438 g/mol. The van der Waals surface area contributed by atoms with Gasteiger partial charge in [0.1, 0.15) is 23.8 Å². The fourth-order valence-corrected chi connectivity index (χ4v) is 4.61. The summed E-state index contributed by atoms with van der Waals surface area (Å²) in [5.74, 6) is 1.21. The van der Waals surface area contributed by atoms with Gasteiger partial charge in [0.05, 0.1) is 24.0 Å². The normalized spacial score (nSPS) is 20.1. The molecule has 2 atom stereocenters. The van der Waals surface area contributed by atoms with E-state index in [1.54, 1.807) is 19.3 Å². The smallest absolute Gasteiger partial charge is 0.273 e. The lowest BCUT2D eigenvalue weighted by molar-refractivity contribution is 0.0258. The second kappa shape index (κ2) is 8.40. The van der Waals surface area contributed by atoms with Gasteiger partial charge < -0.3 is 19.3 Å². The monoisotopic (exact) mass is 437 g/mol. The van der Waals surface area contributed by atoms with E-state index in [4.69, 9.17) is 14.0 Å². The fourth-order valence-electron chi connectivity index (χ4n) is 4.61. The minimum atomic E-state index is -0.227. The lowest BCUT2D eigenvalue weighted by Gasteiger charge is -2.26. The molecule has 1 amide bonds. The van der Waals surface area contributed by atoms with E-state index >= 15 is 0 Å². The Balaban J connectivity index is 1.36. The van der Waals surface area contributed by atoms with Gasteiger partial charge in [-0.3, -0.25) is 14.4 Å². The maximum absolute atomic E-state index is 12.6. The SMILES string of the molecule is Cc1noc(C)c1-c1cc(NC(=O)c2ccnn2C)ccc1OCCN1C[C@@H]2C[C@H]1CO2. The molecule has 9 heteroatoms. The number of nitrogens with one attached hydrogen (secondary N) is 1. The minimum Gasteiger partial charge on any atom is -0.492 e. The van der Waals surface area contributed by atoms with Crippen LogP contribution >= 0.6 is 0 Å². The summed E-state index contributed by atoms with van der Waals surface area (Å²) in [5, 5.41) is 11.1. The molecule has 2 aliphatic heterocycles. The molecular formula is C23H27N5O4. The lowest BCUT2D eigenvalue weighted by atomic mass is 10.0. The molecule has 0 aliphatic carbocycles. The summed E-state index contributed by atoms with van der Waals surface area (Å²) in [7, 11) is 1.74. The van der Waals surface area contributed by atoms with Crippen LogP contribution in [0.3, 0.4) is 0 Å². The molecule has 0 saturated carbocycles. The molecule has 9 nitrogen and oxygen atoms in total. The highest BCUT2D eigenvalue weighted by molar-refractivity contribution is 6.03. The highest BCUT2D eigenvalue weighted by atomic mass is 16.5. The van der Waals surface area contributed by atoms with Gasteiger partial charge >= 0.3 is 0 Å². The molecule has 3 aromatic rings. The standard InChI is InChI=1S/C23H27N5O4/c1-14-22(15(2)32-26-14)19-10-16(25-23(29)20-6-7-24-27(20)3)4-5-21(19)30-9-8-28-12-18-11-17(28)13-31-18/h4-7,10,17-18H,8-9,11-13H2,1-3H3,(H,25,29)/t17-,18-/m0/s1. The zero-order valence-corrected chi connectivity index (χ0v) is 18.5. The summed E-state index contributed by atoms with van der Waals surface area (Å²) in [5.41, 5.74) is 3.64. The first-order chi connectivity index (χ1) is 15.5. The molecule has 2 bridgehead atoms. The van der Waals surface area contributed by atoms with Gasteiger partial charge in [0.15, 0.2) is 0 Å². The molecule has 2 aromatic heterocycles. The van der Waals surface area contributed by atoms with Crippen molar-refractivity contribution in [3.8, 4) is 16.9 Å². The maximum atomic E-state index is 12.6. The van der Waals surface area contributed by atoms with Gasteiger partial charge in [-0.25, -0.2) is 0 Å². The predicted molar refractivity (Wildman–Crippen MR) is 118 cm³/mol. The van der Waals surface area contributed by atoms with E-state index in [1.165, 1.54) is 4.68 Å². The van der Waals surface area contributed by atoms with Crippen molar-refractivity contribution in [3.63, 3.8) is 0 Å². The molecule has 2 saturated heterocycles. The third kappa shape index (κ3) is 3.89. The van der Waals surface area contributed by atoms with Crippen molar-refractivity contribution in [2.45, 2.75) is 32.4 Å². The zero-order chi connectivity index (χ0) is 22.2. The molecule has 0 unspecified atom stereocenters. The van der Waals surface area contributed by atoms with E-state index < -0.39 is 0 Å². The summed E-state index contributed by atoms with van der Waals surface area (Å²) in [4.78, 5) is 15.1. The van der Waals surface area contributed by atoms with Crippen molar-refractivity contribution in [2.24, 2.45) is 7.05 Å². The van der Waals surface area contributed by atoms with Gasteiger partial charge in [-0.1, -0.05) is 5.16 Å². The molecule has 1 N–H and O–H groups in total. The van der Waals surface area contributed by atoms with Gasteiger partial charge in [0.25, 0.3) is 5.91 Å². The Labute approximate surface area is 186 Å². The van der Waals surface area contributed by atoms with Gasteiger partial charge in [0.2, 0.25) is 0 Å². The second-order valence-corrected chi connectivity index (χ2v) is 8.39. The number of aryl methyl sites for hydroxylation is 3. The largest absolute Gasteiger partial charge is 0.492 e. The Bertz CT molecular complexity index is 1120. The number of aromatic nitrogens is 3. The number of hydrogen-bond acceptors (Lipinski definition) is 7. The highest BCUT2D eigenvalue weighted by Gasteiger charge is 2.38. The fraction of sp³-hybridized carbons (Fsp3) is 0.435. The van der Waals surface area contributed by atoms with E-state index in [2.05, 4.69) is 20.5 Å². The maximum Gasteiger partial charge on any atom is 0.273 e. The minimum absolute atomic E-state index is 0.227. The first-order valence-electron chi connectivity index (χ1n) is 10.8. The van der Waals surface area contributed by atoms with Crippen LogP contribution in [-0.2, 0) is 11.8 Å². The number of likely N-dealkylation sites (tertiary alicyclic amines) is 1. The van der Waals surface area contributed by atoms with Crippen LogP contribution < -0.4 is 10.1 Å². The van der Waals surface area contributed by atoms with Crippen LogP contribution in [0, 0.1) is 13.8 Å². The Morgan fingerprint density at radius 1 is 1.31 bits per heavy atom. The van der Waals surface area contributed by atoms with Crippen LogP contribution in [0.2, 0.25) is 0 Å². The Morgan fingerprint density at radius 3 is 2.84 bits per heavy atom. The summed E-state index contributed by atoms with van der Waals surface area (Å²) in [6, 6.07) is 7.83. The van der Waals surface area contributed by atoms with Crippen LogP contribution in [0.4, 0.5) is 5.69 Å². The van der Waals surface area contributed by atoms with Crippen LogP contribution in [0.1, 0.15) is 28.4 Å². The third-order valence-corrected chi connectivity index (χ3v) is 6.24. The van der Waals surface area contributed by atoms with Gasteiger partial charge in [-0.2, -0.15) is 5.10 Å². The molecular weight excluding hydrogens is 410 g/mol. The number of nitrogens with zero attached hydrogens (tertiary/aromatic N) is 4. The number of carbonyl (C=O) groups excluding carboxylic acids is 1. The topological polar surface area (TPSA) is 94.7 Å². The Hall–Kier alpha value is -3.17. The number of amides is 1. The number of rotatable bonds is 7. The van der Waals surface area contributed by atoms with Gasteiger partial charge in [0, 0.05) is 43.6 Å². The predicted octanol–water partition coefficient (Wildman–Crippen LogP) is 2.80. The number of fused-ring (bicyclic) bond motifs is 2. The van der Waals surface area contributed by atoms with Crippen LogP contribution in [0.5, 0.6) is 5.75 Å². The number of carbonyl (C=O) groups is 1. The van der Waals surface area contributed by atoms with Crippen LogP contribution in [0.15, 0.2) is 35.0 Å². The lowest BCUT2D eigenvalue weighted by Crippen LogP contribution is -2.39. The number of benzene rings is 1. The molecule has 168 valence electrons. The first kappa shape index (κ1) is 20.7. The summed E-state index contributed by atoms with van der Waals surface area (Å²) in [6.45, 7) is 6.99. The van der Waals surface area contributed by atoms with E-state index in [-0.39, 0.29) is 5.91 Å². The van der Waals surface area contributed by atoms with Gasteiger partial charge in [-0.05, 0) is 44.5 Å². The summed E-state index contributed by atoms with van der Waals surface area (Å²) < 4.78 is 18.8. The third-order valence-electron chi connectivity index (χ3n) is 6.24. The summed E-state index contributed by atoms with van der Waals surface area (Å²) in [6.07, 6.45) is 3.09. The highest BCUT2D eigenvalue weighted by Crippen LogP contribution is 2.37. The average Bonchev–Trinajstić information content (AvgIpc) is 3.55. The number of anilines is 1. The molecule has 2 aliphatic rings. The van der Waals surface area contributed by atoms with Crippen molar-refractivity contribution in [3.05, 3.63) is 47.6 Å². The van der Waals surface area contributed by atoms with Gasteiger partial charge in [-0.15, -0.1) is 0 Å². The van der Waals surface area contributed by atoms with E-state index in [1.807, 2.05) is 32.0 Å². The molecule has 5 rings (SSSR count). The molecule has 4 heterocycles. The first-order valence-corrected chi connectivity index (χ1v) is 10.8. The molecule has 0 spiro atoms. The Morgan fingerprint density at radius 2 is 2.19 bits per heavy atom.